The van der Waals surface area contributed by atoms with Gasteiger partial charge < -0.3 is 10.6 Å². The van der Waals surface area contributed by atoms with Crippen molar-refractivity contribution in [3.63, 3.8) is 0 Å². The maximum absolute atomic E-state index is 12.5. The van der Waals surface area contributed by atoms with Gasteiger partial charge in [-0.1, -0.05) is 0 Å². The summed E-state index contributed by atoms with van der Waals surface area (Å²) < 4.78 is 61.8. The second-order valence-corrected chi connectivity index (χ2v) is 12.5. The molecular weight excluding hydrogens is 512 g/mol. The molecule has 4 rings (SSSR count). The molecule has 0 aliphatic rings. The van der Waals surface area contributed by atoms with E-state index in [2.05, 4.69) is 31.3 Å². The summed E-state index contributed by atoms with van der Waals surface area (Å²) in [6.45, 7) is 1.18. The van der Waals surface area contributed by atoms with Crippen molar-refractivity contribution in [2.75, 3.05) is 51.9 Å². The molecule has 2 aromatic heterocycles. The molecular formula is C20H26N8O6S2. The van der Waals surface area contributed by atoms with E-state index in [4.69, 9.17) is 9.26 Å². The van der Waals surface area contributed by atoms with E-state index in [0.29, 0.717) is 35.5 Å². The standard InChI is InChI=1S/C20H26N8O6S2/c1-27(2)35(29,30)15-9-7-13(17-19(15)25-33-23-17)21-11-5-6-12-22-14-8-10-16(36(31,32)28(3)4)20-18(14)24-34-26-20/h7-10,21-22H,5-6,11-12H2,1-4H3. The van der Waals surface area contributed by atoms with Crippen LogP contribution in [0.1, 0.15) is 12.8 Å². The SMILES string of the molecule is CN(C)S(=O)(=O)c1ccc(NCCCCNc2ccc(S(=O)(=O)N(C)C)c3nonc23)c2nonc12. The van der Waals surface area contributed by atoms with Crippen LogP contribution in [0.15, 0.2) is 43.3 Å². The molecule has 36 heavy (non-hydrogen) atoms. The van der Waals surface area contributed by atoms with Crippen LogP contribution >= 0.6 is 0 Å². The van der Waals surface area contributed by atoms with Crippen LogP contribution in [0.2, 0.25) is 0 Å². The van der Waals surface area contributed by atoms with Crippen molar-refractivity contribution in [2.24, 2.45) is 0 Å². The molecule has 0 bridgehead atoms. The maximum Gasteiger partial charge on any atom is 0.244 e. The van der Waals surface area contributed by atoms with Crippen LogP contribution in [0.5, 0.6) is 0 Å². The van der Waals surface area contributed by atoms with Gasteiger partial charge >= 0.3 is 0 Å². The number of nitrogens with zero attached hydrogens (tertiary/aromatic N) is 6. The topological polar surface area (TPSA) is 177 Å². The second-order valence-electron chi connectivity index (χ2n) is 8.28. The molecule has 0 unspecified atom stereocenters. The number of unbranched alkanes of at least 4 members (excludes halogenated alkanes) is 1. The van der Waals surface area contributed by atoms with E-state index in [9.17, 15) is 16.8 Å². The molecule has 194 valence electrons. The summed E-state index contributed by atoms with van der Waals surface area (Å²) in [5, 5.41) is 21.7. The van der Waals surface area contributed by atoms with Gasteiger partial charge in [-0.2, -0.15) is 0 Å². The summed E-state index contributed by atoms with van der Waals surface area (Å²) in [6.07, 6.45) is 1.54. The molecule has 2 N–H and O–H groups in total. The van der Waals surface area contributed by atoms with Crippen molar-refractivity contribution in [2.45, 2.75) is 22.6 Å². The van der Waals surface area contributed by atoms with Gasteiger partial charge in [0, 0.05) is 41.3 Å². The predicted molar refractivity (Wildman–Crippen MR) is 132 cm³/mol. The van der Waals surface area contributed by atoms with Crippen LogP contribution in [0, 0.1) is 0 Å². The number of hydrogen-bond donors (Lipinski definition) is 2. The first-order chi connectivity index (χ1) is 17.0. The Hall–Kier alpha value is -3.34. The molecule has 0 aliphatic carbocycles. The average molecular weight is 539 g/mol. The Balaban J connectivity index is 1.36. The highest BCUT2D eigenvalue weighted by molar-refractivity contribution is 7.89. The summed E-state index contributed by atoms with van der Waals surface area (Å²) in [5.41, 5.74) is 2.24. The van der Waals surface area contributed by atoms with E-state index >= 15 is 0 Å². The summed E-state index contributed by atoms with van der Waals surface area (Å²) in [7, 11) is -1.61. The molecule has 0 saturated heterocycles. The number of aromatic nitrogens is 4. The van der Waals surface area contributed by atoms with Crippen LogP contribution in [0.3, 0.4) is 0 Å². The fourth-order valence-electron chi connectivity index (χ4n) is 3.48. The predicted octanol–water partition coefficient (Wildman–Crippen LogP) is 1.56. The Kier molecular flexibility index (Phi) is 7.12. The van der Waals surface area contributed by atoms with Crippen LogP contribution in [-0.4, -0.2) is 87.4 Å². The van der Waals surface area contributed by atoms with Crippen LogP contribution in [0.4, 0.5) is 11.4 Å². The smallest absolute Gasteiger partial charge is 0.244 e. The van der Waals surface area contributed by atoms with Crippen molar-refractivity contribution >= 4 is 53.5 Å². The normalized spacial score (nSPS) is 12.7. The van der Waals surface area contributed by atoms with E-state index in [1.807, 2.05) is 0 Å². The molecule has 0 atom stereocenters. The summed E-state index contributed by atoms with van der Waals surface area (Å²) >= 11 is 0. The third-order valence-corrected chi connectivity index (χ3v) is 9.20. The Labute approximate surface area is 207 Å². The first-order valence-electron chi connectivity index (χ1n) is 10.9. The molecule has 2 aromatic carbocycles. The third kappa shape index (κ3) is 4.71. The van der Waals surface area contributed by atoms with Gasteiger partial charge in [-0.25, -0.2) is 34.7 Å². The second kappa shape index (κ2) is 9.96. The highest BCUT2D eigenvalue weighted by Gasteiger charge is 2.25. The molecule has 0 saturated carbocycles. The van der Waals surface area contributed by atoms with E-state index in [1.165, 1.54) is 40.3 Å². The first-order valence-corrected chi connectivity index (χ1v) is 13.8. The van der Waals surface area contributed by atoms with Crippen molar-refractivity contribution in [1.29, 1.82) is 0 Å². The largest absolute Gasteiger partial charge is 0.383 e. The average Bonchev–Trinajstić information content (AvgIpc) is 3.51. The quantitative estimate of drug-likeness (QED) is 0.264. The molecule has 14 nitrogen and oxygen atoms in total. The Morgan fingerprint density at radius 2 is 1.00 bits per heavy atom. The molecule has 0 spiro atoms. The van der Waals surface area contributed by atoms with Gasteiger partial charge in [0.1, 0.15) is 9.79 Å². The summed E-state index contributed by atoms with van der Waals surface area (Å²) in [5.74, 6) is 0. The molecule has 4 aromatic rings. The minimum atomic E-state index is -3.69. The van der Waals surface area contributed by atoms with E-state index in [1.54, 1.807) is 12.1 Å². The number of rotatable bonds is 11. The minimum absolute atomic E-state index is 0.0246. The fraction of sp³-hybridized carbons (Fsp3) is 0.400. The van der Waals surface area contributed by atoms with Gasteiger partial charge in [-0.05, 0) is 57.7 Å². The fourth-order valence-corrected chi connectivity index (χ4v) is 5.50. The Bertz CT molecular complexity index is 1470. The zero-order valence-electron chi connectivity index (χ0n) is 20.1. The van der Waals surface area contributed by atoms with E-state index in [0.717, 1.165) is 21.5 Å². The highest BCUT2D eigenvalue weighted by Crippen LogP contribution is 2.29. The van der Waals surface area contributed by atoms with Crippen molar-refractivity contribution in [3.8, 4) is 0 Å². The van der Waals surface area contributed by atoms with Crippen molar-refractivity contribution in [1.82, 2.24) is 29.2 Å². The van der Waals surface area contributed by atoms with Crippen LogP contribution in [-0.2, 0) is 20.0 Å². The van der Waals surface area contributed by atoms with Crippen molar-refractivity contribution in [3.05, 3.63) is 24.3 Å². The van der Waals surface area contributed by atoms with Gasteiger partial charge in [0.2, 0.25) is 20.0 Å². The maximum atomic E-state index is 12.5. The Morgan fingerprint density at radius 3 is 1.36 bits per heavy atom. The lowest BCUT2D eigenvalue weighted by atomic mass is 10.2. The van der Waals surface area contributed by atoms with Gasteiger partial charge in [0.15, 0.2) is 22.1 Å². The highest BCUT2D eigenvalue weighted by atomic mass is 32.2. The van der Waals surface area contributed by atoms with E-state index < -0.39 is 20.0 Å². The lowest BCUT2D eigenvalue weighted by Crippen LogP contribution is -2.22. The summed E-state index contributed by atoms with van der Waals surface area (Å²) in [6, 6.07) is 6.23. The number of hydrogen-bond acceptors (Lipinski definition) is 12. The number of benzene rings is 2. The molecule has 0 aliphatic heterocycles. The van der Waals surface area contributed by atoms with Gasteiger partial charge in [0.05, 0.1) is 11.4 Å². The van der Waals surface area contributed by atoms with Crippen LogP contribution < -0.4 is 10.6 Å². The first kappa shape index (κ1) is 25.7. The lowest BCUT2D eigenvalue weighted by molar-refractivity contribution is 0.315. The van der Waals surface area contributed by atoms with Gasteiger partial charge in [-0.3, -0.25) is 0 Å². The molecule has 0 radical (unpaired) electrons. The monoisotopic (exact) mass is 538 g/mol. The molecule has 16 heteroatoms. The van der Waals surface area contributed by atoms with Crippen molar-refractivity contribution < 1.29 is 26.1 Å². The lowest BCUT2D eigenvalue weighted by Gasteiger charge is -2.13. The molecule has 0 amide bonds. The number of anilines is 2. The third-order valence-electron chi connectivity index (χ3n) is 5.51. The molecule has 0 fully saturated rings. The number of nitrogens with one attached hydrogen (secondary N) is 2. The van der Waals surface area contributed by atoms with E-state index in [-0.39, 0.29) is 20.8 Å². The number of sulfonamides is 2. The van der Waals surface area contributed by atoms with Gasteiger partial charge in [-0.15, -0.1) is 0 Å². The van der Waals surface area contributed by atoms with Crippen LogP contribution in [0.25, 0.3) is 22.1 Å². The molecule has 2 heterocycles. The van der Waals surface area contributed by atoms with Gasteiger partial charge in [0.25, 0.3) is 0 Å². The zero-order chi connectivity index (χ0) is 26.1. The number of fused-ring (bicyclic) bond motifs is 2. The summed E-state index contributed by atoms with van der Waals surface area (Å²) in [4.78, 5) is 0.0492. The minimum Gasteiger partial charge on any atom is -0.383 e. The zero-order valence-corrected chi connectivity index (χ0v) is 21.7. The Morgan fingerprint density at radius 1 is 0.639 bits per heavy atom.